The largest absolute Gasteiger partial charge is 0.378 e. The van der Waals surface area contributed by atoms with E-state index in [0.29, 0.717) is 31.5 Å². The van der Waals surface area contributed by atoms with Gasteiger partial charge in [0.2, 0.25) is 18.3 Å². The molecule has 0 atom stereocenters. The summed E-state index contributed by atoms with van der Waals surface area (Å²) in [4.78, 5) is 34.0. The number of hydrogen-bond acceptors (Lipinski definition) is 7. The van der Waals surface area contributed by atoms with Gasteiger partial charge in [-0.15, -0.1) is 0 Å². The Kier molecular flexibility index (Phi) is 10.7. The number of ether oxygens (including phenoxy) is 1. The number of carbonyl (C=O) groups excluding carboxylic acids is 1. The summed E-state index contributed by atoms with van der Waals surface area (Å²) < 4.78 is 5.43. The van der Waals surface area contributed by atoms with Gasteiger partial charge >= 0.3 is 0 Å². The van der Waals surface area contributed by atoms with E-state index in [4.69, 9.17) is 9.73 Å². The number of hydrogen-bond donors (Lipinski definition) is 2. The molecule has 194 valence electrons. The molecule has 0 aliphatic carbocycles. The predicted molar refractivity (Wildman–Crippen MR) is 148 cm³/mol. The molecule has 10 nitrogen and oxygen atoms in total. The summed E-state index contributed by atoms with van der Waals surface area (Å²) in [7, 11) is 0. The van der Waals surface area contributed by atoms with Crippen molar-refractivity contribution < 1.29 is 9.53 Å². The van der Waals surface area contributed by atoms with Gasteiger partial charge in [0.15, 0.2) is 0 Å². The van der Waals surface area contributed by atoms with E-state index in [0.717, 1.165) is 41.4 Å². The minimum Gasteiger partial charge on any atom is -0.378 e. The van der Waals surface area contributed by atoms with Gasteiger partial charge in [0, 0.05) is 42.8 Å². The summed E-state index contributed by atoms with van der Waals surface area (Å²) in [5, 5.41) is 5.72. The van der Waals surface area contributed by atoms with Crippen LogP contribution in [0.3, 0.4) is 0 Å². The molecule has 1 aliphatic rings. The molecule has 0 saturated carbocycles. The van der Waals surface area contributed by atoms with Crippen molar-refractivity contribution in [1.29, 1.82) is 0 Å². The second-order valence-corrected chi connectivity index (χ2v) is 8.46. The van der Waals surface area contributed by atoms with Crippen LogP contribution in [0, 0.1) is 6.92 Å². The normalized spacial score (nSPS) is 13.8. The lowest BCUT2D eigenvalue weighted by Gasteiger charge is -2.27. The number of aliphatic imine (C=N–C) groups is 2. The second-order valence-electron chi connectivity index (χ2n) is 8.46. The molecule has 3 heterocycles. The predicted octanol–water partition coefficient (Wildman–Crippen LogP) is 4.14. The molecular formula is C27H34N8O2. The number of benzene rings is 1. The van der Waals surface area contributed by atoms with Crippen LogP contribution >= 0.6 is 0 Å². The van der Waals surface area contributed by atoms with E-state index in [1.165, 1.54) is 0 Å². The fourth-order valence-electron chi connectivity index (χ4n) is 3.27. The van der Waals surface area contributed by atoms with Crippen molar-refractivity contribution in [2.75, 3.05) is 31.6 Å². The fraction of sp³-hybridized carbons (Fsp3) is 0.333. The Bertz CT molecular complexity index is 1170. The van der Waals surface area contributed by atoms with Crippen LogP contribution in [0.5, 0.6) is 0 Å². The van der Waals surface area contributed by atoms with Gasteiger partial charge < -0.3 is 20.3 Å². The number of amides is 1. The minimum atomic E-state index is 0.280. The van der Waals surface area contributed by atoms with Crippen molar-refractivity contribution in [3.63, 3.8) is 0 Å². The first-order chi connectivity index (χ1) is 18.0. The van der Waals surface area contributed by atoms with Crippen molar-refractivity contribution in [2.45, 2.75) is 33.7 Å². The van der Waals surface area contributed by atoms with Crippen molar-refractivity contribution in [3.05, 3.63) is 60.6 Å². The van der Waals surface area contributed by atoms with E-state index < -0.39 is 0 Å². The zero-order valence-corrected chi connectivity index (χ0v) is 21.8. The van der Waals surface area contributed by atoms with Gasteiger partial charge in [-0.3, -0.25) is 9.78 Å². The van der Waals surface area contributed by atoms with Gasteiger partial charge in [-0.2, -0.15) is 0 Å². The number of morpholine rings is 1. The number of aryl methyl sites for hydroxylation is 1. The van der Waals surface area contributed by atoms with E-state index >= 15 is 0 Å². The lowest BCUT2D eigenvalue weighted by molar-refractivity contribution is -0.109. The van der Waals surface area contributed by atoms with Crippen LogP contribution in [0.4, 0.5) is 17.3 Å². The highest BCUT2D eigenvalue weighted by atomic mass is 16.5. The van der Waals surface area contributed by atoms with Crippen LogP contribution in [0.15, 0.2) is 64.8 Å². The third-order valence-electron chi connectivity index (χ3n) is 5.16. The standard InChI is InChI=1S/C23H25N7O.C4H9NO/c1-3-24-23(30-12-14-31-15-13-30)28-19-8-5-18(6-9-19)21-10-11-25-22(29-21)27-20-7-4-17(2)26-16-20;1-4(2)5-3-6/h3-11,16H,12-15H2,1-2H3,(H,25,27,29);3-4H,1-2H3,(H,5,6)/b24-3-,28-23?;. The average Bonchev–Trinajstić information content (AvgIpc) is 2.91. The quantitative estimate of drug-likeness (QED) is 0.295. The summed E-state index contributed by atoms with van der Waals surface area (Å²) in [6.45, 7) is 10.6. The Labute approximate surface area is 218 Å². The monoisotopic (exact) mass is 502 g/mol. The molecular weight excluding hydrogens is 468 g/mol. The van der Waals surface area contributed by atoms with E-state index in [2.05, 4.69) is 35.5 Å². The number of nitrogens with one attached hydrogen (secondary N) is 2. The topological polar surface area (TPSA) is 117 Å². The molecule has 2 N–H and O–H groups in total. The van der Waals surface area contributed by atoms with Crippen LogP contribution in [-0.4, -0.2) is 70.8 Å². The lowest BCUT2D eigenvalue weighted by atomic mass is 10.1. The molecule has 1 aromatic carbocycles. The Morgan fingerprint density at radius 3 is 2.43 bits per heavy atom. The second kappa shape index (κ2) is 14.4. The number of carbonyl (C=O) groups is 1. The smallest absolute Gasteiger partial charge is 0.227 e. The summed E-state index contributed by atoms with van der Waals surface area (Å²) in [5.74, 6) is 1.23. The van der Waals surface area contributed by atoms with Gasteiger partial charge in [-0.25, -0.2) is 20.0 Å². The summed E-state index contributed by atoms with van der Waals surface area (Å²) >= 11 is 0. The minimum absolute atomic E-state index is 0.280. The van der Waals surface area contributed by atoms with Crippen molar-refractivity contribution >= 4 is 35.9 Å². The van der Waals surface area contributed by atoms with Crippen LogP contribution < -0.4 is 10.6 Å². The van der Waals surface area contributed by atoms with E-state index in [-0.39, 0.29) is 6.04 Å². The zero-order valence-electron chi connectivity index (χ0n) is 21.8. The third kappa shape index (κ3) is 9.08. The lowest BCUT2D eigenvalue weighted by Crippen LogP contribution is -2.39. The van der Waals surface area contributed by atoms with Gasteiger partial charge in [0.25, 0.3) is 0 Å². The van der Waals surface area contributed by atoms with Gasteiger partial charge in [0.05, 0.1) is 36.5 Å². The maximum atomic E-state index is 9.50. The first-order valence-electron chi connectivity index (χ1n) is 12.2. The van der Waals surface area contributed by atoms with E-state index in [1.807, 2.05) is 70.2 Å². The SMILES string of the molecule is C/C=N\C(=Nc1ccc(-c2ccnc(Nc3ccc(C)nc3)n2)cc1)N1CCOCC1.CC(C)NC=O. The molecule has 0 radical (unpaired) electrons. The molecule has 1 aliphatic heterocycles. The average molecular weight is 503 g/mol. The van der Waals surface area contributed by atoms with Crippen molar-refractivity contribution in [2.24, 2.45) is 9.98 Å². The number of pyridine rings is 1. The molecule has 3 aromatic rings. The highest BCUT2D eigenvalue weighted by molar-refractivity contribution is 5.89. The van der Waals surface area contributed by atoms with E-state index in [9.17, 15) is 4.79 Å². The van der Waals surface area contributed by atoms with Crippen molar-refractivity contribution in [1.82, 2.24) is 25.2 Å². The number of rotatable bonds is 6. The number of guanidine groups is 1. The molecule has 0 unspecified atom stereocenters. The maximum Gasteiger partial charge on any atom is 0.227 e. The number of nitrogens with zero attached hydrogens (tertiary/aromatic N) is 6. The Hall–Kier alpha value is -4.18. The fourth-order valence-corrected chi connectivity index (χ4v) is 3.27. The zero-order chi connectivity index (χ0) is 26.5. The Morgan fingerprint density at radius 1 is 1.08 bits per heavy atom. The Morgan fingerprint density at radius 2 is 1.84 bits per heavy atom. The maximum absolute atomic E-state index is 9.50. The highest BCUT2D eigenvalue weighted by Crippen LogP contribution is 2.23. The molecule has 4 rings (SSSR count). The van der Waals surface area contributed by atoms with Crippen LogP contribution in [0.2, 0.25) is 0 Å². The number of anilines is 2. The summed E-state index contributed by atoms with van der Waals surface area (Å²) in [5.41, 5.74) is 4.46. The molecule has 1 fully saturated rings. The first kappa shape index (κ1) is 27.4. The summed E-state index contributed by atoms with van der Waals surface area (Å²) in [6, 6.07) is 14.0. The molecule has 2 aromatic heterocycles. The first-order valence-corrected chi connectivity index (χ1v) is 12.2. The number of aromatic nitrogens is 3. The van der Waals surface area contributed by atoms with Gasteiger partial charge in [0.1, 0.15) is 0 Å². The molecule has 0 bridgehead atoms. The van der Waals surface area contributed by atoms with Gasteiger partial charge in [-0.1, -0.05) is 12.1 Å². The third-order valence-corrected chi connectivity index (χ3v) is 5.16. The molecule has 10 heteroatoms. The van der Waals surface area contributed by atoms with Crippen LogP contribution in [0.1, 0.15) is 26.5 Å². The van der Waals surface area contributed by atoms with Gasteiger partial charge in [-0.05, 0) is 58.0 Å². The van der Waals surface area contributed by atoms with Crippen LogP contribution in [-0.2, 0) is 9.53 Å². The van der Waals surface area contributed by atoms with Crippen molar-refractivity contribution in [3.8, 4) is 11.3 Å². The molecule has 1 saturated heterocycles. The van der Waals surface area contributed by atoms with Crippen LogP contribution in [0.25, 0.3) is 11.3 Å². The highest BCUT2D eigenvalue weighted by Gasteiger charge is 2.14. The molecule has 37 heavy (non-hydrogen) atoms. The summed E-state index contributed by atoms with van der Waals surface area (Å²) in [6.07, 6.45) is 5.97. The molecule has 1 amide bonds. The molecule has 0 spiro atoms. The van der Waals surface area contributed by atoms with E-state index in [1.54, 1.807) is 18.6 Å². The Balaban J connectivity index is 0.000000568.